The Morgan fingerprint density at radius 2 is 2.33 bits per heavy atom. The SMILES string of the molecule is CNc1cccc(SC2C[C@@H](C)CO2)c1. The van der Waals surface area contributed by atoms with E-state index in [1.165, 1.54) is 4.90 Å². The Hall–Kier alpha value is -0.670. The van der Waals surface area contributed by atoms with Gasteiger partial charge in [-0.25, -0.2) is 0 Å². The third-order valence-electron chi connectivity index (χ3n) is 2.55. The molecular formula is C12H17NOS. The van der Waals surface area contributed by atoms with Gasteiger partial charge in [-0.2, -0.15) is 0 Å². The molecule has 3 heteroatoms. The maximum absolute atomic E-state index is 5.69. The van der Waals surface area contributed by atoms with Crippen molar-refractivity contribution in [2.24, 2.45) is 5.92 Å². The van der Waals surface area contributed by atoms with E-state index in [1.807, 2.05) is 18.8 Å². The number of ether oxygens (including phenoxy) is 1. The Balaban J connectivity index is 1.98. The Morgan fingerprint density at radius 3 is 3.00 bits per heavy atom. The monoisotopic (exact) mass is 223 g/mol. The summed E-state index contributed by atoms with van der Waals surface area (Å²) in [5, 5.41) is 3.15. The van der Waals surface area contributed by atoms with Gasteiger partial charge in [-0.1, -0.05) is 24.8 Å². The van der Waals surface area contributed by atoms with E-state index < -0.39 is 0 Å². The first-order valence-corrected chi connectivity index (χ1v) is 6.22. The Labute approximate surface area is 95.4 Å². The number of hydrogen-bond donors (Lipinski definition) is 1. The normalized spacial score (nSPS) is 25.5. The summed E-state index contributed by atoms with van der Waals surface area (Å²) in [6.45, 7) is 3.15. The molecule has 1 aliphatic heterocycles. The lowest BCUT2D eigenvalue weighted by atomic mass is 10.2. The molecule has 0 bridgehead atoms. The molecule has 82 valence electrons. The van der Waals surface area contributed by atoms with Crippen molar-refractivity contribution in [1.82, 2.24) is 0 Å². The largest absolute Gasteiger partial charge is 0.388 e. The maximum atomic E-state index is 5.69. The third kappa shape index (κ3) is 2.89. The molecule has 1 aromatic carbocycles. The van der Waals surface area contributed by atoms with Crippen molar-refractivity contribution in [2.75, 3.05) is 19.0 Å². The van der Waals surface area contributed by atoms with Crippen LogP contribution in [0.25, 0.3) is 0 Å². The zero-order valence-electron chi connectivity index (χ0n) is 9.19. The van der Waals surface area contributed by atoms with E-state index in [0.29, 0.717) is 11.4 Å². The minimum absolute atomic E-state index is 0.340. The fourth-order valence-corrected chi connectivity index (χ4v) is 2.92. The van der Waals surface area contributed by atoms with Crippen LogP contribution in [0.3, 0.4) is 0 Å². The molecule has 0 radical (unpaired) electrons. The number of benzene rings is 1. The Bertz CT molecular complexity index is 329. The molecule has 0 saturated carbocycles. The van der Waals surface area contributed by atoms with E-state index in [2.05, 4.69) is 36.5 Å². The number of nitrogens with one attached hydrogen (secondary N) is 1. The number of anilines is 1. The van der Waals surface area contributed by atoms with Crippen molar-refractivity contribution >= 4 is 17.4 Å². The van der Waals surface area contributed by atoms with Crippen LogP contribution in [0.15, 0.2) is 29.2 Å². The molecule has 15 heavy (non-hydrogen) atoms. The molecular weight excluding hydrogens is 206 g/mol. The molecule has 2 rings (SSSR count). The summed E-state index contributed by atoms with van der Waals surface area (Å²) in [5.41, 5.74) is 1.50. The van der Waals surface area contributed by atoms with Crippen LogP contribution in [-0.4, -0.2) is 19.1 Å². The Kier molecular flexibility index (Phi) is 3.54. The van der Waals surface area contributed by atoms with Gasteiger partial charge in [0.2, 0.25) is 0 Å². The van der Waals surface area contributed by atoms with Crippen LogP contribution in [0.4, 0.5) is 5.69 Å². The summed E-state index contributed by atoms with van der Waals surface area (Å²) in [6, 6.07) is 8.45. The molecule has 2 atom stereocenters. The van der Waals surface area contributed by atoms with Crippen molar-refractivity contribution in [1.29, 1.82) is 0 Å². The molecule has 1 unspecified atom stereocenters. The molecule has 1 heterocycles. The van der Waals surface area contributed by atoms with Gasteiger partial charge in [-0.05, 0) is 30.5 Å². The van der Waals surface area contributed by atoms with E-state index in [4.69, 9.17) is 4.74 Å². The average Bonchev–Trinajstić information content (AvgIpc) is 2.64. The van der Waals surface area contributed by atoms with Crippen molar-refractivity contribution in [2.45, 2.75) is 23.7 Å². The second-order valence-corrected chi connectivity index (χ2v) is 5.23. The highest BCUT2D eigenvalue weighted by Gasteiger charge is 2.22. The fraction of sp³-hybridized carbons (Fsp3) is 0.500. The lowest BCUT2D eigenvalue weighted by Crippen LogP contribution is -1.98. The molecule has 1 fully saturated rings. The van der Waals surface area contributed by atoms with Crippen molar-refractivity contribution < 1.29 is 4.74 Å². The topological polar surface area (TPSA) is 21.3 Å². The van der Waals surface area contributed by atoms with Crippen LogP contribution >= 0.6 is 11.8 Å². The average molecular weight is 223 g/mol. The van der Waals surface area contributed by atoms with Crippen LogP contribution in [0, 0.1) is 5.92 Å². The lowest BCUT2D eigenvalue weighted by molar-refractivity contribution is 0.166. The summed E-state index contributed by atoms with van der Waals surface area (Å²) in [4.78, 5) is 1.28. The van der Waals surface area contributed by atoms with E-state index in [-0.39, 0.29) is 0 Å². The van der Waals surface area contributed by atoms with Gasteiger partial charge in [-0.15, -0.1) is 0 Å². The van der Waals surface area contributed by atoms with E-state index in [1.54, 1.807) is 0 Å². The third-order valence-corrected chi connectivity index (χ3v) is 3.67. The Morgan fingerprint density at radius 1 is 1.47 bits per heavy atom. The van der Waals surface area contributed by atoms with Gasteiger partial charge >= 0.3 is 0 Å². The summed E-state index contributed by atoms with van der Waals surface area (Å²) in [5.74, 6) is 0.704. The predicted octanol–water partition coefficient (Wildman–Crippen LogP) is 3.20. The van der Waals surface area contributed by atoms with Crippen molar-refractivity contribution in [3.63, 3.8) is 0 Å². The van der Waals surface area contributed by atoms with Crippen molar-refractivity contribution in [3.05, 3.63) is 24.3 Å². The molecule has 1 aromatic rings. The number of rotatable bonds is 3. The molecule has 1 aliphatic rings. The van der Waals surface area contributed by atoms with Gasteiger partial charge in [-0.3, -0.25) is 0 Å². The van der Waals surface area contributed by atoms with Crippen LogP contribution in [0.1, 0.15) is 13.3 Å². The van der Waals surface area contributed by atoms with Gasteiger partial charge in [0.25, 0.3) is 0 Å². The van der Waals surface area contributed by atoms with Gasteiger partial charge in [0.15, 0.2) is 0 Å². The van der Waals surface area contributed by atoms with Gasteiger partial charge in [0.1, 0.15) is 5.44 Å². The highest BCUT2D eigenvalue weighted by Crippen LogP contribution is 2.33. The van der Waals surface area contributed by atoms with Gasteiger partial charge in [0.05, 0.1) is 6.61 Å². The standard InChI is InChI=1S/C12H17NOS/c1-9-6-12(14-8-9)15-11-5-3-4-10(7-11)13-2/h3-5,7,9,12-13H,6,8H2,1-2H3/t9-,12?/m1/s1. The molecule has 0 aromatic heterocycles. The number of hydrogen-bond acceptors (Lipinski definition) is 3. The van der Waals surface area contributed by atoms with Gasteiger partial charge < -0.3 is 10.1 Å². The van der Waals surface area contributed by atoms with E-state index in [9.17, 15) is 0 Å². The zero-order chi connectivity index (χ0) is 10.7. The first-order valence-electron chi connectivity index (χ1n) is 5.34. The van der Waals surface area contributed by atoms with Crippen molar-refractivity contribution in [3.8, 4) is 0 Å². The second-order valence-electron chi connectivity index (χ2n) is 4.00. The zero-order valence-corrected chi connectivity index (χ0v) is 10.0. The second kappa shape index (κ2) is 4.90. The summed E-state index contributed by atoms with van der Waals surface area (Å²) >= 11 is 1.82. The minimum Gasteiger partial charge on any atom is -0.388 e. The fourth-order valence-electron chi connectivity index (χ4n) is 1.70. The lowest BCUT2D eigenvalue weighted by Gasteiger charge is -2.09. The summed E-state index contributed by atoms with van der Waals surface area (Å²) in [6.07, 6.45) is 1.16. The quantitative estimate of drug-likeness (QED) is 0.850. The summed E-state index contributed by atoms with van der Waals surface area (Å²) < 4.78 is 5.69. The smallest absolute Gasteiger partial charge is 0.108 e. The molecule has 1 N–H and O–H groups in total. The maximum Gasteiger partial charge on any atom is 0.108 e. The molecule has 0 aliphatic carbocycles. The minimum atomic E-state index is 0.340. The van der Waals surface area contributed by atoms with Crippen LogP contribution < -0.4 is 5.32 Å². The molecule has 0 spiro atoms. The van der Waals surface area contributed by atoms with E-state index >= 15 is 0 Å². The molecule has 2 nitrogen and oxygen atoms in total. The van der Waals surface area contributed by atoms with E-state index in [0.717, 1.165) is 18.7 Å². The number of thioether (sulfide) groups is 1. The van der Waals surface area contributed by atoms with Crippen LogP contribution in [0.5, 0.6) is 0 Å². The van der Waals surface area contributed by atoms with Crippen LogP contribution in [-0.2, 0) is 4.74 Å². The van der Waals surface area contributed by atoms with Gasteiger partial charge in [0, 0.05) is 17.6 Å². The summed E-state index contributed by atoms with van der Waals surface area (Å²) in [7, 11) is 1.94. The first-order chi connectivity index (χ1) is 7.28. The predicted molar refractivity (Wildman–Crippen MR) is 65.4 cm³/mol. The molecule has 1 saturated heterocycles. The highest BCUT2D eigenvalue weighted by molar-refractivity contribution is 7.99. The first kappa shape index (κ1) is 10.8. The molecule has 0 amide bonds. The highest BCUT2D eigenvalue weighted by atomic mass is 32.2. The van der Waals surface area contributed by atoms with Crippen LogP contribution in [0.2, 0.25) is 0 Å².